The SMILES string of the molecule is CCc1cc(-c2ccc(S(=O)(=O)CCCc3ccccn3)s2)c(C)[nH]c1=O. The van der Waals surface area contributed by atoms with Crippen LogP contribution in [0.2, 0.25) is 0 Å². The van der Waals surface area contributed by atoms with E-state index in [0.717, 1.165) is 21.8 Å². The molecular weight excluding hydrogens is 380 g/mol. The first-order valence-corrected chi connectivity index (χ1v) is 11.3. The van der Waals surface area contributed by atoms with E-state index in [0.29, 0.717) is 29.0 Å². The van der Waals surface area contributed by atoms with Crippen LogP contribution in [-0.2, 0) is 22.7 Å². The third-order valence-corrected chi connectivity index (χ3v) is 7.92. The second kappa shape index (κ2) is 8.19. The molecule has 0 amide bonds. The molecule has 0 radical (unpaired) electrons. The van der Waals surface area contributed by atoms with Crippen LogP contribution >= 0.6 is 11.3 Å². The molecule has 0 aliphatic rings. The minimum Gasteiger partial charge on any atom is -0.326 e. The molecule has 0 aliphatic carbocycles. The fourth-order valence-electron chi connectivity index (χ4n) is 2.91. The highest BCUT2D eigenvalue weighted by atomic mass is 32.2. The Labute approximate surface area is 163 Å². The summed E-state index contributed by atoms with van der Waals surface area (Å²) in [5, 5.41) is 0. The van der Waals surface area contributed by atoms with E-state index in [2.05, 4.69) is 9.97 Å². The van der Waals surface area contributed by atoms with E-state index in [9.17, 15) is 13.2 Å². The number of hydrogen-bond acceptors (Lipinski definition) is 5. The van der Waals surface area contributed by atoms with Crippen molar-refractivity contribution in [3.05, 3.63) is 69.9 Å². The van der Waals surface area contributed by atoms with Crippen LogP contribution in [0, 0.1) is 6.92 Å². The zero-order valence-corrected chi connectivity index (χ0v) is 17.0. The Kier molecular flexibility index (Phi) is 5.92. The van der Waals surface area contributed by atoms with Crippen LogP contribution in [-0.4, -0.2) is 24.1 Å². The van der Waals surface area contributed by atoms with Gasteiger partial charge in [-0.2, -0.15) is 0 Å². The van der Waals surface area contributed by atoms with Crippen molar-refractivity contribution in [1.82, 2.24) is 9.97 Å². The summed E-state index contributed by atoms with van der Waals surface area (Å²) in [6.07, 6.45) is 3.51. The summed E-state index contributed by atoms with van der Waals surface area (Å²) in [6, 6.07) is 11.0. The first-order valence-electron chi connectivity index (χ1n) is 8.86. The maximum absolute atomic E-state index is 12.7. The molecule has 3 rings (SSSR count). The van der Waals surface area contributed by atoms with Crippen LogP contribution in [0.15, 0.2) is 51.6 Å². The largest absolute Gasteiger partial charge is 0.326 e. The predicted octanol–water partition coefficient (Wildman–Crippen LogP) is 3.78. The van der Waals surface area contributed by atoms with Gasteiger partial charge < -0.3 is 4.98 Å². The van der Waals surface area contributed by atoms with Crippen molar-refractivity contribution in [1.29, 1.82) is 0 Å². The van der Waals surface area contributed by atoms with Gasteiger partial charge in [0, 0.05) is 33.6 Å². The first kappa shape index (κ1) is 19.5. The lowest BCUT2D eigenvalue weighted by Gasteiger charge is -2.06. The van der Waals surface area contributed by atoms with E-state index >= 15 is 0 Å². The predicted molar refractivity (Wildman–Crippen MR) is 109 cm³/mol. The highest BCUT2D eigenvalue weighted by Gasteiger charge is 2.18. The number of thiophene rings is 1. The molecule has 0 unspecified atom stereocenters. The first-order chi connectivity index (χ1) is 12.9. The highest BCUT2D eigenvalue weighted by molar-refractivity contribution is 7.93. The number of nitrogens with zero attached hydrogens (tertiary/aromatic N) is 1. The molecule has 3 aromatic heterocycles. The zero-order chi connectivity index (χ0) is 19.4. The van der Waals surface area contributed by atoms with Crippen LogP contribution in [0.4, 0.5) is 0 Å². The number of hydrogen-bond donors (Lipinski definition) is 1. The van der Waals surface area contributed by atoms with Crippen LogP contribution in [0.3, 0.4) is 0 Å². The molecule has 27 heavy (non-hydrogen) atoms. The third-order valence-electron chi connectivity index (χ3n) is 4.42. The average Bonchev–Trinajstić information content (AvgIpc) is 3.13. The zero-order valence-electron chi connectivity index (χ0n) is 15.4. The summed E-state index contributed by atoms with van der Waals surface area (Å²) in [6.45, 7) is 3.76. The standard InChI is InChI=1S/C20H22N2O3S2/c1-3-15-13-17(14(2)22-20(15)23)18-9-10-19(26-18)27(24,25)12-6-8-16-7-4-5-11-21-16/h4-5,7,9-11,13H,3,6,8,12H2,1-2H3,(H,22,23). The fraction of sp³-hybridized carbons (Fsp3) is 0.300. The van der Waals surface area contributed by atoms with E-state index in [1.807, 2.05) is 44.2 Å². The quantitative estimate of drug-likeness (QED) is 0.652. The van der Waals surface area contributed by atoms with E-state index in [1.54, 1.807) is 12.3 Å². The van der Waals surface area contributed by atoms with E-state index in [-0.39, 0.29) is 11.3 Å². The monoisotopic (exact) mass is 402 g/mol. The average molecular weight is 403 g/mol. The minimum absolute atomic E-state index is 0.0855. The molecule has 0 spiro atoms. The second-order valence-electron chi connectivity index (χ2n) is 6.38. The van der Waals surface area contributed by atoms with Gasteiger partial charge in [0.05, 0.1) is 5.75 Å². The maximum Gasteiger partial charge on any atom is 0.251 e. The Morgan fingerprint density at radius 1 is 1.19 bits per heavy atom. The fourth-order valence-corrected chi connectivity index (χ4v) is 5.75. The van der Waals surface area contributed by atoms with Crippen LogP contribution in [0.25, 0.3) is 10.4 Å². The molecular formula is C20H22N2O3S2. The summed E-state index contributed by atoms with van der Waals surface area (Å²) in [7, 11) is -3.34. The van der Waals surface area contributed by atoms with Crippen LogP contribution < -0.4 is 5.56 Å². The number of sulfone groups is 1. The molecule has 3 aromatic rings. The van der Waals surface area contributed by atoms with Crippen molar-refractivity contribution in [3.63, 3.8) is 0 Å². The third kappa shape index (κ3) is 4.54. The topological polar surface area (TPSA) is 79.9 Å². The number of H-pyrrole nitrogens is 1. The van der Waals surface area contributed by atoms with Gasteiger partial charge in [0.15, 0.2) is 9.84 Å². The number of pyridine rings is 2. The number of aromatic nitrogens is 2. The molecule has 0 aliphatic heterocycles. The van der Waals surface area contributed by atoms with Gasteiger partial charge in [0.1, 0.15) is 4.21 Å². The van der Waals surface area contributed by atoms with Gasteiger partial charge in [-0.3, -0.25) is 9.78 Å². The summed E-state index contributed by atoms with van der Waals surface area (Å²) in [4.78, 5) is 19.8. The van der Waals surface area contributed by atoms with Gasteiger partial charge in [0.25, 0.3) is 5.56 Å². The highest BCUT2D eigenvalue weighted by Crippen LogP contribution is 2.33. The van der Waals surface area contributed by atoms with Gasteiger partial charge in [-0.05, 0) is 56.5 Å². The molecule has 0 aromatic carbocycles. The van der Waals surface area contributed by atoms with Crippen LogP contribution in [0.1, 0.15) is 30.3 Å². The number of aromatic amines is 1. The van der Waals surface area contributed by atoms with Gasteiger partial charge in [-0.1, -0.05) is 13.0 Å². The second-order valence-corrected chi connectivity index (χ2v) is 9.80. The molecule has 7 heteroatoms. The summed E-state index contributed by atoms with van der Waals surface area (Å²) < 4.78 is 25.7. The molecule has 0 saturated heterocycles. The van der Waals surface area contributed by atoms with Crippen molar-refractivity contribution < 1.29 is 8.42 Å². The molecule has 0 fully saturated rings. The molecule has 0 atom stereocenters. The van der Waals surface area contributed by atoms with E-state index in [4.69, 9.17) is 0 Å². The van der Waals surface area contributed by atoms with Gasteiger partial charge in [0.2, 0.25) is 0 Å². The van der Waals surface area contributed by atoms with Gasteiger partial charge >= 0.3 is 0 Å². The number of rotatable bonds is 7. The van der Waals surface area contributed by atoms with Crippen molar-refractivity contribution in [2.45, 2.75) is 37.3 Å². The number of aryl methyl sites for hydroxylation is 3. The Bertz CT molecular complexity index is 1080. The molecule has 0 saturated carbocycles. The number of nitrogens with one attached hydrogen (secondary N) is 1. The van der Waals surface area contributed by atoms with Crippen molar-refractivity contribution in [3.8, 4) is 10.4 Å². The Balaban J connectivity index is 1.77. The van der Waals surface area contributed by atoms with E-state index < -0.39 is 9.84 Å². The maximum atomic E-state index is 12.7. The van der Waals surface area contributed by atoms with Crippen molar-refractivity contribution >= 4 is 21.2 Å². The van der Waals surface area contributed by atoms with E-state index in [1.165, 1.54) is 11.3 Å². The van der Waals surface area contributed by atoms with Gasteiger partial charge in [-0.25, -0.2) is 8.42 Å². The molecule has 5 nitrogen and oxygen atoms in total. The lowest BCUT2D eigenvalue weighted by molar-refractivity contribution is 0.595. The smallest absolute Gasteiger partial charge is 0.251 e. The van der Waals surface area contributed by atoms with Crippen LogP contribution in [0.5, 0.6) is 0 Å². The Morgan fingerprint density at radius 3 is 2.70 bits per heavy atom. The molecule has 1 N–H and O–H groups in total. The normalized spacial score (nSPS) is 11.6. The summed E-state index contributed by atoms with van der Waals surface area (Å²) in [5.74, 6) is 0.0916. The molecule has 142 valence electrons. The molecule has 0 bridgehead atoms. The summed E-state index contributed by atoms with van der Waals surface area (Å²) in [5.41, 5.74) is 3.14. The van der Waals surface area contributed by atoms with Gasteiger partial charge in [-0.15, -0.1) is 11.3 Å². The Morgan fingerprint density at radius 2 is 2.00 bits per heavy atom. The lowest BCUT2D eigenvalue weighted by Crippen LogP contribution is -2.13. The molecule has 3 heterocycles. The summed E-state index contributed by atoms with van der Waals surface area (Å²) >= 11 is 1.25. The van der Waals surface area contributed by atoms with Crippen molar-refractivity contribution in [2.24, 2.45) is 0 Å². The Hall–Kier alpha value is -2.25. The minimum atomic E-state index is -3.34. The van der Waals surface area contributed by atoms with Crippen molar-refractivity contribution in [2.75, 3.05) is 5.75 Å². The lowest BCUT2D eigenvalue weighted by atomic mass is 10.1.